The van der Waals surface area contributed by atoms with E-state index in [-0.39, 0.29) is 18.3 Å². The third kappa shape index (κ3) is 4.95. The number of hydrogen-bond donors (Lipinski definition) is 1. The molecule has 8 nitrogen and oxygen atoms in total. The Kier molecular flexibility index (Phi) is 6.38. The number of esters is 1. The lowest BCUT2D eigenvalue weighted by atomic mass is 10.2. The Morgan fingerprint density at radius 2 is 2.00 bits per heavy atom. The number of nitrogens with zero attached hydrogens (tertiary/aromatic N) is 2. The number of hydrogen-bond acceptors (Lipinski definition) is 8. The molecule has 0 aliphatic heterocycles. The van der Waals surface area contributed by atoms with E-state index in [1.54, 1.807) is 31.2 Å². The molecule has 3 rings (SSSR count). The van der Waals surface area contributed by atoms with Crippen LogP contribution in [0.4, 0.5) is 0 Å². The molecule has 2 heterocycles. The van der Waals surface area contributed by atoms with Crippen molar-refractivity contribution in [3.05, 3.63) is 53.2 Å². The van der Waals surface area contributed by atoms with Gasteiger partial charge in [-0.05, 0) is 49.6 Å². The predicted molar refractivity (Wildman–Crippen MR) is 102 cm³/mol. The van der Waals surface area contributed by atoms with Crippen molar-refractivity contribution in [2.75, 3.05) is 13.2 Å². The topological polar surface area (TPSA) is 104 Å². The maximum absolute atomic E-state index is 12.1. The van der Waals surface area contributed by atoms with Crippen LogP contribution in [0.1, 0.15) is 36.2 Å². The van der Waals surface area contributed by atoms with Crippen LogP contribution in [0.2, 0.25) is 0 Å². The molecule has 0 saturated carbocycles. The smallest absolute Gasteiger partial charge is 0.326 e. The van der Waals surface area contributed by atoms with Gasteiger partial charge in [-0.1, -0.05) is 6.07 Å². The number of amides is 1. The summed E-state index contributed by atoms with van der Waals surface area (Å²) < 4.78 is 16.1. The Labute approximate surface area is 165 Å². The molecule has 3 aromatic rings. The maximum atomic E-state index is 12.1. The van der Waals surface area contributed by atoms with E-state index in [9.17, 15) is 9.59 Å². The number of nitrogens with one attached hydrogen (secondary N) is 1. The van der Waals surface area contributed by atoms with Gasteiger partial charge in [0, 0.05) is 5.56 Å². The number of rotatable bonds is 8. The third-order valence-electron chi connectivity index (χ3n) is 3.65. The summed E-state index contributed by atoms with van der Waals surface area (Å²) in [7, 11) is 0. The highest BCUT2D eigenvalue weighted by Crippen LogP contribution is 2.25. The van der Waals surface area contributed by atoms with Crippen molar-refractivity contribution >= 4 is 23.2 Å². The van der Waals surface area contributed by atoms with Gasteiger partial charge in [-0.15, -0.1) is 21.5 Å². The summed E-state index contributed by atoms with van der Waals surface area (Å²) in [5.41, 5.74) is 0.418. The van der Waals surface area contributed by atoms with Crippen molar-refractivity contribution in [1.29, 1.82) is 0 Å². The summed E-state index contributed by atoms with van der Waals surface area (Å²) in [6.07, 6.45) is -0.726. The first-order valence-corrected chi connectivity index (χ1v) is 9.52. The molecule has 0 bridgehead atoms. The Morgan fingerprint density at radius 3 is 2.68 bits per heavy atom. The van der Waals surface area contributed by atoms with Crippen LogP contribution in [0.15, 0.2) is 46.2 Å². The van der Waals surface area contributed by atoms with Gasteiger partial charge >= 0.3 is 5.97 Å². The maximum Gasteiger partial charge on any atom is 0.326 e. The molecule has 0 radical (unpaired) electrons. The van der Waals surface area contributed by atoms with E-state index in [0.29, 0.717) is 23.8 Å². The minimum atomic E-state index is -0.726. The van der Waals surface area contributed by atoms with Gasteiger partial charge in [0.2, 0.25) is 0 Å². The Bertz CT molecular complexity index is 921. The summed E-state index contributed by atoms with van der Waals surface area (Å²) in [4.78, 5) is 24.9. The number of thiophene rings is 1. The normalized spacial score (nSPS) is 11.6. The summed E-state index contributed by atoms with van der Waals surface area (Å²) in [6, 6.07) is 10.4. The van der Waals surface area contributed by atoms with Crippen molar-refractivity contribution in [2.24, 2.45) is 0 Å². The highest BCUT2D eigenvalue weighted by Gasteiger charge is 2.20. The van der Waals surface area contributed by atoms with Gasteiger partial charge in [0.25, 0.3) is 17.7 Å². The Hall–Kier alpha value is -3.20. The van der Waals surface area contributed by atoms with Crippen LogP contribution in [0.25, 0.3) is 10.8 Å². The second kappa shape index (κ2) is 9.14. The first-order chi connectivity index (χ1) is 13.6. The number of carbonyl (C=O) groups is 2. The van der Waals surface area contributed by atoms with Gasteiger partial charge in [0.1, 0.15) is 12.3 Å². The van der Waals surface area contributed by atoms with Crippen LogP contribution in [0.3, 0.4) is 0 Å². The van der Waals surface area contributed by atoms with Crippen molar-refractivity contribution in [1.82, 2.24) is 15.5 Å². The van der Waals surface area contributed by atoms with Gasteiger partial charge in [0.15, 0.2) is 6.10 Å². The molecule has 0 aliphatic rings. The molecular formula is C19H19N3O5S. The number of aromatic nitrogens is 2. The quantitative estimate of drug-likeness (QED) is 0.578. The van der Waals surface area contributed by atoms with Crippen LogP contribution in [0, 0.1) is 0 Å². The van der Waals surface area contributed by atoms with E-state index in [0.717, 1.165) is 4.88 Å². The molecule has 146 valence electrons. The largest absolute Gasteiger partial charge is 0.494 e. The second-order valence-electron chi connectivity index (χ2n) is 5.69. The molecule has 0 unspecified atom stereocenters. The second-order valence-corrected chi connectivity index (χ2v) is 6.64. The molecule has 0 fully saturated rings. The zero-order chi connectivity index (χ0) is 19.9. The molecule has 1 N–H and O–H groups in total. The fraction of sp³-hybridized carbons (Fsp3) is 0.263. The first kappa shape index (κ1) is 19.6. The molecule has 28 heavy (non-hydrogen) atoms. The Morgan fingerprint density at radius 1 is 1.21 bits per heavy atom. The fourth-order valence-corrected chi connectivity index (χ4v) is 2.96. The highest BCUT2D eigenvalue weighted by molar-refractivity contribution is 7.13. The van der Waals surface area contributed by atoms with Crippen molar-refractivity contribution in [3.8, 4) is 16.5 Å². The lowest BCUT2D eigenvalue weighted by molar-refractivity contribution is -0.148. The van der Waals surface area contributed by atoms with Gasteiger partial charge in [-0.25, -0.2) is 0 Å². The van der Waals surface area contributed by atoms with Gasteiger partial charge < -0.3 is 19.2 Å². The average molecular weight is 401 g/mol. The monoisotopic (exact) mass is 401 g/mol. The lowest BCUT2D eigenvalue weighted by Crippen LogP contribution is -2.31. The van der Waals surface area contributed by atoms with E-state index < -0.39 is 12.1 Å². The summed E-state index contributed by atoms with van der Waals surface area (Å²) in [6.45, 7) is 3.77. The van der Waals surface area contributed by atoms with Crippen LogP contribution < -0.4 is 10.1 Å². The molecule has 0 spiro atoms. The van der Waals surface area contributed by atoms with Crippen molar-refractivity contribution in [2.45, 2.75) is 20.0 Å². The van der Waals surface area contributed by atoms with E-state index in [1.807, 2.05) is 24.4 Å². The summed E-state index contributed by atoms with van der Waals surface area (Å²) >= 11 is 1.47. The van der Waals surface area contributed by atoms with Crippen LogP contribution >= 0.6 is 11.3 Å². The molecule has 0 aliphatic carbocycles. The molecule has 2 aromatic heterocycles. The molecular weight excluding hydrogens is 382 g/mol. The third-order valence-corrected chi connectivity index (χ3v) is 4.51. The van der Waals surface area contributed by atoms with E-state index in [2.05, 4.69) is 15.5 Å². The van der Waals surface area contributed by atoms with Crippen LogP contribution in [0.5, 0.6) is 5.75 Å². The minimum absolute atomic E-state index is 0.189. The molecule has 9 heteroatoms. The lowest BCUT2D eigenvalue weighted by Gasteiger charge is -2.10. The zero-order valence-electron chi connectivity index (χ0n) is 15.4. The minimum Gasteiger partial charge on any atom is -0.494 e. The Balaban J connectivity index is 1.49. The molecule has 1 atom stereocenters. The van der Waals surface area contributed by atoms with Gasteiger partial charge in [-0.3, -0.25) is 9.59 Å². The highest BCUT2D eigenvalue weighted by atomic mass is 32.1. The standard InChI is InChI=1S/C19H19N3O5S/c1-3-25-14-8-6-13(7-9-14)17(24)20-11-16(23)26-12(2)18-21-22-19(27-18)15-5-4-10-28-15/h4-10,12H,3,11H2,1-2H3,(H,20,24)/t12-/m0/s1. The molecule has 0 saturated heterocycles. The summed E-state index contributed by atoms with van der Waals surface area (Å²) in [5, 5.41) is 12.3. The molecule has 1 aromatic carbocycles. The van der Waals surface area contributed by atoms with Crippen molar-refractivity contribution < 1.29 is 23.5 Å². The number of carbonyl (C=O) groups excluding carboxylic acids is 2. The van der Waals surface area contributed by atoms with Crippen LogP contribution in [-0.2, 0) is 9.53 Å². The zero-order valence-corrected chi connectivity index (χ0v) is 16.2. The van der Waals surface area contributed by atoms with Crippen LogP contribution in [-0.4, -0.2) is 35.2 Å². The number of benzene rings is 1. The predicted octanol–water partition coefficient (Wildman–Crippen LogP) is 3.23. The average Bonchev–Trinajstić information content (AvgIpc) is 3.38. The SMILES string of the molecule is CCOc1ccc(C(=O)NCC(=O)O[C@@H](C)c2nnc(-c3cccs3)o2)cc1. The fourth-order valence-electron chi connectivity index (χ4n) is 2.31. The van der Waals surface area contributed by atoms with E-state index in [1.165, 1.54) is 11.3 Å². The van der Waals surface area contributed by atoms with E-state index in [4.69, 9.17) is 13.9 Å². The molecule has 1 amide bonds. The summed E-state index contributed by atoms with van der Waals surface area (Å²) in [5.74, 6) is 0.244. The van der Waals surface area contributed by atoms with Crippen molar-refractivity contribution in [3.63, 3.8) is 0 Å². The number of ether oxygens (including phenoxy) is 2. The van der Waals surface area contributed by atoms with Gasteiger partial charge in [-0.2, -0.15) is 0 Å². The van der Waals surface area contributed by atoms with Gasteiger partial charge in [0.05, 0.1) is 11.5 Å². The first-order valence-electron chi connectivity index (χ1n) is 8.64. The van der Waals surface area contributed by atoms with E-state index >= 15 is 0 Å².